The highest BCUT2D eigenvalue weighted by atomic mass is 32.2. The van der Waals surface area contributed by atoms with E-state index < -0.39 is 191 Å². The molecule has 0 aromatic heterocycles. The minimum Gasteiger partial charge on any atom is -0.505 e. The smallest absolute Gasteiger partial charge is 0.395 e. The number of aldehydes is 1. The molecule has 0 aromatic carbocycles. The summed E-state index contributed by atoms with van der Waals surface area (Å²) in [6, 6.07) is -9.19. The summed E-state index contributed by atoms with van der Waals surface area (Å²) in [6.07, 6.45) is -6.60. The third kappa shape index (κ3) is 27.2. The Morgan fingerprint density at radius 2 is 1.10 bits per heavy atom. The molecule has 83 heavy (non-hydrogen) atoms. The summed E-state index contributed by atoms with van der Waals surface area (Å²) < 4.78 is 31.1. The number of carbonyl (C=O) groups is 12. The second kappa shape index (κ2) is 37.3. The molecule has 0 fully saturated rings. The number of nitrogens with zero attached hydrogens (tertiary/aromatic N) is 4. The number of aliphatic hydroxyl groups is 2. The Morgan fingerprint density at radius 3 is 1.52 bits per heavy atom. The summed E-state index contributed by atoms with van der Waals surface area (Å²) in [4.78, 5) is 163. The molecular formula is C46H78N15O20PS. The molecule has 20 N–H and O–H groups in total. The van der Waals surface area contributed by atoms with Crippen molar-refractivity contribution in [3.63, 3.8) is 0 Å². The van der Waals surface area contributed by atoms with E-state index in [2.05, 4.69) is 41.9 Å². The van der Waals surface area contributed by atoms with Crippen LogP contribution in [0.3, 0.4) is 0 Å². The fourth-order valence-electron chi connectivity index (χ4n) is 7.31. The van der Waals surface area contributed by atoms with Crippen molar-refractivity contribution in [2.75, 3.05) is 59.9 Å². The number of ether oxygens (including phenoxy) is 2. The number of carboxylic acid groups (broad SMARTS) is 2. The average Bonchev–Trinajstić information content (AvgIpc) is 3.51. The van der Waals surface area contributed by atoms with E-state index in [4.69, 9.17) is 42.7 Å². The van der Waals surface area contributed by atoms with E-state index in [1.807, 2.05) is 0 Å². The molecule has 1 aliphatic rings. The van der Waals surface area contributed by atoms with Crippen LogP contribution in [0.2, 0.25) is 0 Å². The molecule has 0 aliphatic carbocycles. The van der Waals surface area contributed by atoms with Gasteiger partial charge in [0.15, 0.2) is 23.8 Å². The van der Waals surface area contributed by atoms with Gasteiger partial charge in [0.2, 0.25) is 47.5 Å². The highest BCUT2D eigenvalue weighted by Crippen LogP contribution is 2.53. The van der Waals surface area contributed by atoms with Gasteiger partial charge in [-0.1, -0.05) is 0 Å². The summed E-state index contributed by atoms with van der Waals surface area (Å²) >= 11 is 1.21. The standard InChI is InChI=1S/C46H78N15O20PS/c1-60(2)82(78,61(3)4)81-38-36(71)37(80-44(38)77)30(23-63)79-35(70)17-14-32(65)55-26(11-15-33(66)67)40(73)58-28(12-16-34(68)69)42(75)59-29(18-21-83-5)43(76)57-27(10-13-31(47)64)41(74)56-25(9-7-20-53-46(50)51)39(72)54-24(22-62)8-6-19-52-45(48)49/h22,24-30,37,63,71H,6-21,23H2,1-5H3,(H2,47,64)(H,54,72)(H,55,65)(H,56,74)(H,57,76)(H,58,73)(H,59,75)(H,66,67)(H,68,69)(H4,48,49,52)(H4,50,51,53). The summed E-state index contributed by atoms with van der Waals surface area (Å²) in [5, 5.41) is 54.1. The number of aliphatic imine (C=N–C) groups is 2. The molecule has 1 aliphatic heterocycles. The lowest BCUT2D eigenvalue weighted by atomic mass is 10.0. The first-order chi connectivity index (χ1) is 38.9. The summed E-state index contributed by atoms with van der Waals surface area (Å²) in [6.45, 7) is -0.917. The molecule has 8 atom stereocenters. The number of amides is 7. The van der Waals surface area contributed by atoms with Gasteiger partial charge in [-0.25, -0.2) is 18.7 Å². The number of nitrogens with one attached hydrogen (secondary N) is 6. The minimum atomic E-state index is -3.93. The van der Waals surface area contributed by atoms with Gasteiger partial charge in [0.25, 0.3) is 5.76 Å². The molecule has 0 aromatic rings. The first kappa shape index (κ1) is 73.2. The fraction of sp³-hybridized carbons (Fsp3) is 0.652. The Balaban J connectivity index is 3.40. The van der Waals surface area contributed by atoms with Crippen molar-refractivity contribution in [2.45, 2.75) is 132 Å². The number of carboxylic acids is 2. The van der Waals surface area contributed by atoms with E-state index in [1.54, 1.807) is 6.26 Å². The lowest BCUT2D eigenvalue weighted by Crippen LogP contribution is -2.59. The van der Waals surface area contributed by atoms with Crippen LogP contribution >= 0.6 is 19.4 Å². The highest BCUT2D eigenvalue weighted by molar-refractivity contribution is 7.98. The number of hydrogen-bond acceptors (Lipinski definition) is 21. The number of aliphatic carboxylic acids is 2. The van der Waals surface area contributed by atoms with Crippen LogP contribution in [0, 0.1) is 0 Å². The number of nitrogens with two attached hydrogens (primary N) is 5. The molecule has 1 rings (SSSR count). The normalized spacial score (nSPS) is 15.6. The van der Waals surface area contributed by atoms with Crippen molar-refractivity contribution in [1.82, 2.24) is 41.2 Å². The predicted octanol–water partition coefficient (Wildman–Crippen LogP) is -5.42. The largest absolute Gasteiger partial charge is 0.505 e. The van der Waals surface area contributed by atoms with Crippen LogP contribution < -0.4 is 60.6 Å². The van der Waals surface area contributed by atoms with Crippen LogP contribution in [0.4, 0.5) is 0 Å². The lowest BCUT2D eigenvalue weighted by molar-refractivity contribution is -0.165. The number of aliphatic hydroxyl groups excluding tert-OH is 2. The average molecular weight is 1220 g/mol. The SMILES string of the molecule is CSCCC(NC(=O)C(CCC(=O)O)NC(=O)C(CCC(=O)O)NC(=O)CCC(=O)OC(CO)C1OC(=O)C(OP(=O)(N(C)C)N(C)C)=C1O)C(=O)NC(CCC(N)=O)C(=O)NC(CCCN=C(N)N)C(=O)NC(C=O)CCCN=C(N)N. The Labute approximate surface area is 481 Å². The summed E-state index contributed by atoms with van der Waals surface area (Å²) in [7, 11) is 1.53. The number of rotatable bonds is 42. The molecule has 0 saturated heterocycles. The van der Waals surface area contributed by atoms with Crippen molar-refractivity contribution in [2.24, 2.45) is 38.7 Å². The van der Waals surface area contributed by atoms with Crippen LogP contribution in [0.25, 0.3) is 0 Å². The van der Waals surface area contributed by atoms with Gasteiger partial charge in [0, 0.05) is 38.8 Å². The third-order valence-corrected chi connectivity index (χ3v) is 14.8. The van der Waals surface area contributed by atoms with Crippen LogP contribution in [0.15, 0.2) is 21.5 Å². The summed E-state index contributed by atoms with van der Waals surface area (Å²) in [5.41, 5.74) is 26.9. The van der Waals surface area contributed by atoms with Crippen molar-refractivity contribution in [1.29, 1.82) is 0 Å². The fourth-order valence-corrected chi connectivity index (χ4v) is 9.23. The maximum Gasteiger partial charge on any atom is 0.395 e. The quantitative estimate of drug-likeness (QED) is 0.00677. The minimum absolute atomic E-state index is 0.00491. The molecule has 8 unspecified atom stereocenters. The third-order valence-electron chi connectivity index (χ3n) is 11.7. The van der Waals surface area contributed by atoms with Gasteiger partial charge in [0.05, 0.1) is 19.1 Å². The first-order valence-corrected chi connectivity index (χ1v) is 28.5. The number of carbonyl (C=O) groups excluding carboxylic acids is 10. The van der Waals surface area contributed by atoms with Gasteiger partial charge in [-0.2, -0.15) is 11.8 Å². The topological polar surface area (TPSA) is 564 Å². The first-order valence-electron chi connectivity index (χ1n) is 25.6. The Hall–Kier alpha value is -7.82. The van der Waals surface area contributed by atoms with Gasteiger partial charge in [0.1, 0.15) is 36.5 Å². The molecule has 1 heterocycles. The van der Waals surface area contributed by atoms with Crippen molar-refractivity contribution in [3.8, 4) is 0 Å². The van der Waals surface area contributed by atoms with Gasteiger partial charge in [-0.05, 0) is 91.6 Å². The van der Waals surface area contributed by atoms with Gasteiger partial charge < -0.3 is 99.8 Å². The molecule has 0 bridgehead atoms. The number of primary amides is 1. The number of guanidine groups is 2. The summed E-state index contributed by atoms with van der Waals surface area (Å²) in [5.74, 6) is -14.8. The number of esters is 2. The van der Waals surface area contributed by atoms with Gasteiger partial charge in [-0.3, -0.25) is 57.9 Å². The lowest BCUT2D eigenvalue weighted by Gasteiger charge is -2.29. The molecule has 0 radical (unpaired) electrons. The van der Waals surface area contributed by atoms with Crippen molar-refractivity contribution >= 4 is 103 Å². The number of hydrogen-bond donors (Lipinski definition) is 15. The van der Waals surface area contributed by atoms with Crippen LogP contribution in [0.5, 0.6) is 0 Å². The van der Waals surface area contributed by atoms with Crippen LogP contribution in [-0.2, 0) is 76.1 Å². The number of thioether (sulfide) groups is 1. The molecule has 37 heteroatoms. The van der Waals surface area contributed by atoms with Gasteiger partial charge in [-0.15, -0.1) is 0 Å². The van der Waals surface area contributed by atoms with E-state index >= 15 is 0 Å². The second-order valence-corrected chi connectivity index (χ2v) is 22.4. The Kier molecular flexibility index (Phi) is 32.9. The second-order valence-electron chi connectivity index (χ2n) is 18.7. The van der Waals surface area contributed by atoms with E-state index in [1.165, 1.54) is 40.0 Å². The van der Waals surface area contributed by atoms with E-state index in [-0.39, 0.29) is 62.9 Å². The van der Waals surface area contributed by atoms with E-state index in [0.29, 0.717) is 6.29 Å². The van der Waals surface area contributed by atoms with Crippen LogP contribution in [0.1, 0.15) is 83.5 Å². The van der Waals surface area contributed by atoms with Crippen LogP contribution in [-0.4, -0.2) is 222 Å². The van der Waals surface area contributed by atoms with Gasteiger partial charge >= 0.3 is 31.5 Å². The zero-order valence-corrected chi connectivity index (χ0v) is 48.3. The number of cyclic esters (lactones) is 1. The zero-order valence-electron chi connectivity index (χ0n) is 46.6. The molecular weight excluding hydrogens is 1150 g/mol. The zero-order chi connectivity index (χ0) is 63.1. The maximum absolute atomic E-state index is 14.1. The highest BCUT2D eigenvalue weighted by Gasteiger charge is 2.46. The molecule has 0 saturated carbocycles. The monoisotopic (exact) mass is 1220 g/mol. The molecule has 468 valence electrons. The van der Waals surface area contributed by atoms with Crippen molar-refractivity contribution in [3.05, 3.63) is 11.5 Å². The molecule has 7 amide bonds. The molecule has 0 spiro atoms. The van der Waals surface area contributed by atoms with E-state index in [0.717, 1.165) is 9.34 Å². The Morgan fingerprint density at radius 1 is 0.663 bits per heavy atom. The maximum atomic E-state index is 14.1. The predicted molar refractivity (Wildman–Crippen MR) is 294 cm³/mol. The van der Waals surface area contributed by atoms with E-state index in [9.17, 15) is 82.5 Å². The molecule has 35 nitrogen and oxygen atoms in total. The van der Waals surface area contributed by atoms with Crippen molar-refractivity contribution < 1.29 is 96.5 Å². The Bertz CT molecular complexity index is 2430.